The lowest BCUT2D eigenvalue weighted by molar-refractivity contribution is -0.140. The van der Waals surface area contributed by atoms with Gasteiger partial charge in [0.1, 0.15) is 23.3 Å². The minimum absolute atomic E-state index is 0.204. The molecule has 150 valence electrons. The molecule has 29 heavy (non-hydrogen) atoms. The quantitative estimate of drug-likeness (QED) is 0.527. The first-order valence-corrected chi connectivity index (χ1v) is 9.62. The molecule has 0 aliphatic carbocycles. The zero-order valence-corrected chi connectivity index (χ0v) is 16.9. The van der Waals surface area contributed by atoms with Crippen molar-refractivity contribution in [1.82, 2.24) is 4.90 Å². The average Bonchev–Trinajstić information content (AvgIpc) is 2.95. The van der Waals surface area contributed by atoms with Crippen LogP contribution in [0.3, 0.4) is 0 Å². The van der Waals surface area contributed by atoms with E-state index in [1.807, 2.05) is 0 Å². The van der Waals surface area contributed by atoms with Crippen molar-refractivity contribution in [2.45, 2.75) is 6.61 Å². The van der Waals surface area contributed by atoms with Crippen LogP contribution in [0.4, 0.5) is 4.39 Å². The Morgan fingerprint density at radius 1 is 1.24 bits per heavy atom. The molecular weight excluding hydrogens is 417 g/mol. The first kappa shape index (κ1) is 20.8. The molecule has 0 bridgehead atoms. The summed E-state index contributed by atoms with van der Waals surface area (Å²) < 4.78 is 24.3. The number of thioether (sulfide) groups is 1. The molecule has 0 atom stereocenters. The van der Waals surface area contributed by atoms with Gasteiger partial charge in [0.15, 0.2) is 11.5 Å². The first-order valence-electron chi connectivity index (χ1n) is 8.40. The SMILES string of the molecule is COc1cc(/C=C2\SC(=S)N(CC(=O)O)C2=O)ccc1OCc1ccc(F)cc1. The number of carboxylic acid groups (broad SMARTS) is 1. The van der Waals surface area contributed by atoms with E-state index in [-0.39, 0.29) is 16.7 Å². The van der Waals surface area contributed by atoms with Gasteiger partial charge in [-0.1, -0.05) is 42.2 Å². The maximum absolute atomic E-state index is 13.0. The molecule has 0 saturated carbocycles. The van der Waals surface area contributed by atoms with Gasteiger partial charge in [-0.3, -0.25) is 14.5 Å². The molecule has 1 fully saturated rings. The number of carboxylic acids is 1. The molecule has 1 aliphatic rings. The zero-order chi connectivity index (χ0) is 21.0. The summed E-state index contributed by atoms with van der Waals surface area (Å²) in [5.41, 5.74) is 1.48. The Kier molecular flexibility index (Phi) is 6.50. The van der Waals surface area contributed by atoms with E-state index in [1.54, 1.807) is 36.4 Å². The molecule has 1 amide bonds. The van der Waals surface area contributed by atoms with Crippen molar-refractivity contribution < 1.29 is 28.6 Å². The van der Waals surface area contributed by atoms with Crippen LogP contribution >= 0.6 is 24.0 Å². The number of carbonyl (C=O) groups is 2. The molecule has 0 aromatic heterocycles. The van der Waals surface area contributed by atoms with Crippen molar-refractivity contribution >= 4 is 46.3 Å². The molecule has 2 aromatic carbocycles. The largest absolute Gasteiger partial charge is 0.493 e. The standard InChI is InChI=1S/C20H16FNO5S2/c1-26-16-8-13(9-17-19(25)22(10-18(23)24)20(28)29-17)4-7-15(16)27-11-12-2-5-14(21)6-3-12/h2-9H,10-11H2,1H3,(H,23,24)/b17-9-. The molecule has 9 heteroatoms. The predicted molar refractivity (Wildman–Crippen MR) is 111 cm³/mol. The molecule has 3 rings (SSSR count). The van der Waals surface area contributed by atoms with Crippen LogP contribution in [0.15, 0.2) is 47.4 Å². The maximum atomic E-state index is 13.0. The summed E-state index contributed by atoms with van der Waals surface area (Å²) in [6.45, 7) is -0.231. The molecular formula is C20H16FNO5S2. The van der Waals surface area contributed by atoms with Crippen LogP contribution in [0.2, 0.25) is 0 Å². The number of carbonyl (C=O) groups excluding carboxylic acids is 1. The Morgan fingerprint density at radius 3 is 2.62 bits per heavy atom. The number of rotatable bonds is 7. The second kappa shape index (κ2) is 9.06. The van der Waals surface area contributed by atoms with E-state index >= 15 is 0 Å². The monoisotopic (exact) mass is 433 g/mol. The molecule has 1 aliphatic heterocycles. The molecule has 1 N–H and O–H groups in total. The van der Waals surface area contributed by atoms with Crippen LogP contribution in [-0.2, 0) is 16.2 Å². The summed E-state index contributed by atoms with van der Waals surface area (Å²) in [7, 11) is 1.50. The van der Waals surface area contributed by atoms with Gasteiger partial charge < -0.3 is 14.6 Å². The van der Waals surface area contributed by atoms with Crippen LogP contribution in [0.1, 0.15) is 11.1 Å². The summed E-state index contributed by atoms with van der Waals surface area (Å²) in [5, 5.41) is 8.90. The van der Waals surface area contributed by atoms with Gasteiger partial charge in [-0.15, -0.1) is 0 Å². The van der Waals surface area contributed by atoms with Crippen molar-refractivity contribution in [2.75, 3.05) is 13.7 Å². The normalized spacial score (nSPS) is 15.1. The molecule has 0 radical (unpaired) electrons. The maximum Gasteiger partial charge on any atom is 0.323 e. The highest BCUT2D eigenvalue weighted by molar-refractivity contribution is 8.26. The number of ether oxygens (including phenoxy) is 2. The summed E-state index contributed by atoms with van der Waals surface area (Å²) in [5.74, 6) is -0.941. The molecule has 6 nitrogen and oxygen atoms in total. The minimum atomic E-state index is -1.13. The minimum Gasteiger partial charge on any atom is -0.493 e. The van der Waals surface area contributed by atoms with Crippen molar-refractivity contribution in [3.63, 3.8) is 0 Å². The molecule has 1 saturated heterocycles. The van der Waals surface area contributed by atoms with Crippen LogP contribution in [0, 0.1) is 5.82 Å². The molecule has 2 aromatic rings. The van der Waals surface area contributed by atoms with Crippen LogP contribution < -0.4 is 9.47 Å². The van der Waals surface area contributed by atoms with E-state index in [4.69, 9.17) is 26.8 Å². The van der Waals surface area contributed by atoms with Gasteiger partial charge in [0, 0.05) is 0 Å². The van der Waals surface area contributed by atoms with Gasteiger partial charge in [-0.05, 0) is 41.5 Å². The van der Waals surface area contributed by atoms with Crippen molar-refractivity contribution in [3.05, 3.63) is 64.3 Å². The fourth-order valence-corrected chi connectivity index (χ4v) is 3.81. The lowest BCUT2D eigenvalue weighted by atomic mass is 10.1. The van der Waals surface area contributed by atoms with Gasteiger partial charge in [0.05, 0.1) is 12.0 Å². The topological polar surface area (TPSA) is 76.1 Å². The molecule has 0 unspecified atom stereocenters. The van der Waals surface area contributed by atoms with E-state index in [1.165, 1.54) is 19.2 Å². The zero-order valence-electron chi connectivity index (χ0n) is 15.3. The Bertz CT molecular complexity index is 991. The summed E-state index contributed by atoms with van der Waals surface area (Å²) in [4.78, 5) is 24.6. The lowest BCUT2D eigenvalue weighted by Crippen LogP contribution is -2.33. The number of nitrogens with zero attached hydrogens (tertiary/aromatic N) is 1. The number of hydrogen-bond acceptors (Lipinski definition) is 6. The van der Waals surface area contributed by atoms with Crippen LogP contribution in [0.5, 0.6) is 11.5 Å². The van der Waals surface area contributed by atoms with Gasteiger partial charge in [-0.2, -0.15) is 0 Å². The Labute approximate surface area is 175 Å². The second-order valence-corrected chi connectivity index (χ2v) is 7.66. The van der Waals surface area contributed by atoms with Gasteiger partial charge in [-0.25, -0.2) is 4.39 Å². The number of benzene rings is 2. The average molecular weight is 433 g/mol. The highest BCUT2D eigenvalue weighted by Crippen LogP contribution is 2.34. The fraction of sp³-hybridized carbons (Fsp3) is 0.150. The summed E-state index contributed by atoms with van der Waals surface area (Å²) in [6.07, 6.45) is 1.62. The van der Waals surface area contributed by atoms with Gasteiger partial charge >= 0.3 is 5.97 Å². The Balaban J connectivity index is 1.75. The number of methoxy groups -OCH3 is 1. The third-order valence-electron chi connectivity index (χ3n) is 3.96. The summed E-state index contributed by atoms with van der Waals surface area (Å²) >= 11 is 6.13. The number of aliphatic carboxylic acids is 1. The van der Waals surface area contributed by atoms with Gasteiger partial charge in [0.2, 0.25) is 0 Å². The Hall–Kier alpha value is -2.91. The predicted octanol–water partition coefficient (Wildman–Crippen LogP) is 3.70. The fourth-order valence-electron chi connectivity index (χ4n) is 2.56. The Morgan fingerprint density at radius 2 is 1.97 bits per heavy atom. The highest BCUT2D eigenvalue weighted by atomic mass is 32.2. The van der Waals surface area contributed by atoms with E-state index in [0.29, 0.717) is 22.0 Å². The van der Waals surface area contributed by atoms with Crippen molar-refractivity contribution in [2.24, 2.45) is 0 Å². The molecule has 1 heterocycles. The smallest absolute Gasteiger partial charge is 0.323 e. The first-order chi connectivity index (χ1) is 13.9. The van der Waals surface area contributed by atoms with Crippen LogP contribution in [0.25, 0.3) is 6.08 Å². The highest BCUT2D eigenvalue weighted by Gasteiger charge is 2.33. The summed E-state index contributed by atoms with van der Waals surface area (Å²) in [6, 6.07) is 11.1. The van der Waals surface area contributed by atoms with E-state index in [0.717, 1.165) is 22.2 Å². The van der Waals surface area contributed by atoms with E-state index in [9.17, 15) is 14.0 Å². The second-order valence-electron chi connectivity index (χ2n) is 5.99. The van der Waals surface area contributed by atoms with E-state index < -0.39 is 18.4 Å². The number of hydrogen-bond donors (Lipinski definition) is 1. The third kappa shape index (κ3) is 5.12. The van der Waals surface area contributed by atoms with Gasteiger partial charge in [0.25, 0.3) is 5.91 Å². The lowest BCUT2D eigenvalue weighted by Gasteiger charge is -2.12. The van der Waals surface area contributed by atoms with E-state index in [2.05, 4.69) is 0 Å². The number of thiocarbonyl (C=S) groups is 1. The number of halogens is 1. The van der Waals surface area contributed by atoms with Crippen molar-refractivity contribution in [1.29, 1.82) is 0 Å². The van der Waals surface area contributed by atoms with Crippen LogP contribution in [-0.4, -0.2) is 39.9 Å². The molecule has 0 spiro atoms. The van der Waals surface area contributed by atoms with Crippen molar-refractivity contribution in [3.8, 4) is 11.5 Å². The third-order valence-corrected chi connectivity index (χ3v) is 5.34. The number of amides is 1.